The van der Waals surface area contributed by atoms with E-state index in [1.807, 2.05) is 0 Å². The van der Waals surface area contributed by atoms with Crippen molar-refractivity contribution in [1.29, 1.82) is 0 Å². The Morgan fingerprint density at radius 2 is 2.16 bits per heavy atom. The molecule has 0 radical (unpaired) electrons. The van der Waals surface area contributed by atoms with Crippen LogP contribution in [0.15, 0.2) is 9.95 Å². The van der Waals surface area contributed by atoms with Gasteiger partial charge in [0, 0.05) is 25.1 Å². The number of aromatic hydroxyl groups is 1. The lowest BCUT2D eigenvalue weighted by molar-refractivity contribution is -0.155. The molecule has 1 amide bonds. The fraction of sp³-hybridized carbons (Fsp3) is 0.583. The highest BCUT2D eigenvalue weighted by Gasteiger charge is 2.55. The van der Waals surface area contributed by atoms with Gasteiger partial charge < -0.3 is 20.8 Å². The number of aliphatic carboxylic acids is 1. The highest BCUT2D eigenvalue weighted by Crippen LogP contribution is 2.43. The maximum Gasteiger partial charge on any atom is 0.316 e. The third-order valence-electron chi connectivity index (χ3n) is 4.13. The molecule has 0 spiro atoms. The van der Waals surface area contributed by atoms with Gasteiger partial charge in [0.25, 0.3) is 5.88 Å². The van der Waals surface area contributed by atoms with Crippen molar-refractivity contribution in [2.24, 2.45) is 18.2 Å². The van der Waals surface area contributed by atoms with Gasteiger partial charge in [0.15, 0.2) is 5.16 Å². The average molecular weight is 410 g/mol. The predicted octanol–water partition coefficient (Wildman–Crippen LogP) is -1.29. The first-order valence-electron chi connectivity index (χ1n) is 6.93. The smallest absolute Gasteiger partial charge is 0.316 e. The molecule has 10 nitrogen and oxygen atoms in total. The van der Waals surface area contributed by atoms with Gasteiger partial charge in [-0.05, 0) is 0 Å². The van der Waals surface area contributed by atoms with Crippen molar-refractivity contribution >= 4 is 47.8 Å². The number of fused-ring (bicyclic) bond motifs is 1. The number of hydrogen-bond donors (Lipinski definition) is 3. The first-order chi connectivity index (χ1) is 11.3. The summed E-state index contributed by atoms with van der Waals surface area (Å²) in [5.41, 5.74) is 3.83. The van der Waals surface area contributed by atoms with Crippen LogP contribution in [0.3, 0.4) is 0 Å². The number of nitrogens with zero attached hydrogens (tertiary/aromatic N) is 4. The molecule has 0 bridgehead atoms. The second-order valence-corrected chi connectivity index (χ2v) is 7.79. The number of rotatable bonds is 4. The quantitative estimate of drug-likeness (QED) is 0.404. The Balaban J connectivity index is 0.00000225. The number of carboxylic acid groups (broad SMARTS) is 1. The first kappa shape index (κ1) is 19.8. The number of nitrogens with two attached hydrogens (primary N) is 1. The van der Waals surface area contributed by atoms with E-state index in [-0.39, 0.29) is 41.1 Å². The molecule has 25 heavy (non-hydrogen) atoms. The predicted molar refractivity (Wildman–Crippen MR) is 92.9 cm³/mol. The van der Waals surface area contributed by atoms with E-state index in [1.165, 1.54) is 23.7 Å². The van der Waals surface area contributed by atoms with Crippen LogP contribution >= 0.6 is 35.9 Å². The number of β-lactam (4-membered cyclic amide) rings is 1. The Kier molecular flexibility index (Phi) is 5.56. The van der Waals surface area contributed by atoms with Gasteiger partial charge in [-0.25, -0.2) is 0 Å². The molecule has 0 aliphatic carbocycles. The third kappa shape index (κ3) is 3.18. The van der Waals surface area contributed by atoms with Crippen LogP contribution in [-0.4, -0.2) is 71.2 Å². The number of carbonyl (C=O) groups excluding carboxylic acids is 1. The molecular weight excluding hydrogens is 394 g/mol. The van der Waals surface area contributed by atoms with Crippen LogP contribution in [-0.2, 0) is 16.6 Å². The van der Waals surface area contributed by atoms with Gasteiger partial charge in [-0.15, -0.1) is 34.4 Å². The van der Waals surface area contributed by atoms with Crippen molar-refractivity contribution in [2.45, 2.75) is 16.6 Å². The van der Waals surface area contributed by atoms with Crippen LogP contribution in [0.4, 0.5) is 0 Å². The zero-order chi connectivity index (χ0) is 17.6. The molecule has 1 aromatic rings. The van der Waals surface area contributed by atoms with E-state index >= 15 is 0 Å². The number of hydrogen-bond acceptors (Lipinski definition) is 9. The van der Waals surface area contributed by atoms with Crippen LogP contribution in [0.2, 0.25) is 0 Å². The summed E-state index contributed by atoms with van der Waals surface area (Å²) in [4.78, 5) is 36.8. The van der Waals surface area contributed by atoms with Crippen molar-refractivity contribution in [2.75, 3.05) is 18.1 Å². The second-order valence-electron chi connectivity index (χ2n) is 5.74. The number of carbonyl (C=O) groups is 2. The Hall–Kier alpha value is -1.50. The Morgan fingerprint density at radius 1 is 1.48 bits per heavy atom. The van der Waals surface area contributed by atoms with Crippen LogP contribution in [0.1, 0.15) is 0 Å². The molecule has 138 valence electrons. The third-order valence-corrected chi connectivity index (χ3v) is 7.05. The summed E-state index contributed by atoms with van der Waals surface area (Å²) in [6, 6.07) is -0.571. The van der Waals surface area contributed by atoms with Gasteiger partial charge in [-0.2, -0.15) is 0 Å². The molecule has 3 atom stereocenters. The maximum atomic E-state index is 11.8. The zero-order valence-electron chi connectivity index (χ0n) is 13.0. The molecule has 2 saturated heterocycles. The van der Waals surface area contributed by atoms with Gasteiger partial charge >= 0.3 is 11.5 Å². The molecule has 2 aliphatic heterocycles. The molecule has 13 heteroatoms. The molecule has 0 aromatic carbocycles. The number of amides is 1. The normalized spacial score (nSPS) is 27.9. The van der Waals surface area contributed by atoms with E-state index in [2.05, 4.69) is 10.2 Å². The summed E-state index contributed by atoms with van der Waals surface area (Å²) in [5, 5.41) is 26.0. The molecule has 0 saturated carbocycles. The van der Waals surface area contributed by atoms with Gasteiger partial charge in [0.05, 0.1) is 0 Å². The molecule has 2 fully saturated rings. The largest absolute Gasteiger partial charge is 0.488 e. The molecule has 2 unspecified atom stereocenters. The summed E-state index contributed by atoms with van der Waals surface area (Å²) in [6.45, 7) is 0.0684. The lowest BCUT2D eigenvalue weighted by Crippen LogP contribution is -2.72. The number of aromatic nitrogens is 3. The van der Waals surface area contributed by atoms with E-state index in [0.29, 0.717) is 5.75 Å². The molecule has 4 N–H and O–H groups in total. The highest BCUT2D eigenvalue weighted by atomic mass is 35.5. The lowest BCUT2D eigenvalue weighted by atomic mass is 9.89. The minimum Gasteiger partial charge on any atom is -0.488 e. The number of thioether (sulfide) groups is 2. The fourth-order valence-electron chi connectivity index (χ4n) is 2.57. The van der Waals surface area contributed by atoms with E-state index in [1.54, 1.807) is 0 Å². The molecule has 2 aliphatic rings. The summed E-state index contributed by atoms with van der Waals surface area (Å²) < 4.78 is 1.10. The summed E-state index contributed by atoms with van der Waals surface area (Å²) >= 11 is 2.39. The zero-order valence-corrected chi connectivity index (χ0v) is 15.4. The summed E-state index contributed by atoms with van der Waals surface area (Å²) in [7, 11) is 1.41. The monoisotopic (exact) mass is 409 g/mol. The molecule has 3 rings (SSSR count). The Labute approximate surface area is 156 Å². The molecule has 1 aromatic heterocycles. The van der Waals surface area contributed by atoms with Crippen LogP contribution in [0, 0.1) is 5.41 Å². The summed E-state index contributed by atoms with van der Waals surface area (Å²) in [6.07, 6.45) is 0. The van der Waals surface area contributed by atoms with Gasteiger partial charge in [0.2, 0.25) is 5.91 Å². The lowest BCUT2D eigenvalue weighted by Gasteiger charge is -2.52. The molecular formula is C12H16ClN5O5S2. The van der Waals surface area contributed by atoms with Crippen molar-refractivity contribution in [3.63, 3.8) is 0 Å². The minimum absolute atomic E-state index is 0. The van der Waals surface area contributed by atoms with E-state index in [9.17, 15) is 24.6 Å². The van der Waals surface area contributed by atoms with E-state index in [0.717, 1.165) is 16.3 Å². The number of halogens is 1. The van der Waals surface area contributed by atoms with Gasteiger partial charge in [-0.3, -0.25) is 19.0 Å². The van der Waals surface area contributed by atoms with Crippen LogP contribution in [0.5, 0.6) is 5.88 Å². The van der Waals surface area contributed by atoms with Crippen LogP contribution in [0.25, 0.3) is 0 Å². The van der Waals surface area contributed by atoms with E-state index < -0.39 is 28.9 Å². The highest BCUT2D eigenvalue weighted by molar-refractivity contribution is 8.00. The first-order valence-corrected chi connectivity index (χ1v) is 8.97. The SMILES string of the molecule is Cl.Cn1c(SCC2(C(=O)O)CS[C@@H]3C(N)C(=O)N3C2)nnc(O)c1=O. The van der Waals surface area contributed by atoms with Gasteiger partial charge in [-0.1, -0.05) is 11.8 Å². The minimum atomic E-state index is -1.17. The van der Waals surface area contributed by atoms with Gasteiger partial charge in [0.1, 0.15) is 16.8 Å². The van der Waals surface area contributed by atoms with E-state index in [4.69, 9.17) is 5.73 Å². The fourth-order valence-corrected chi connectivity index (χ4v) is 5.29. The maximum absolute atomic E-state index is 11.8. The van der Waals surface area contributed by atoms with Crippen molar-refractivity contribution in [3.05, 3.63) is 10.4 Å². The van der Waals surface area contributed by atoms with Crippen molar-refractivity contribution < 1.29 is 19.8 Å². The topological polar surface area (TPSA) is 152 Å². The molecule has 3 heterocycles. The van der Waals surface area contributed by atoms with Crippen molar-refractivity contribution in [1.82, 2.24) is 19.7 Å². The number of carboxylic acids is 1. The standard InChI is InChI=1S/C12H15N5O5S2.ClH/c1-16-8(20)6(18)14-15-11(16)24-4-12(10(21)22)2-17-7(19)5(13)9(17)23-3-12;/h5,9H,2-4,13H2,1H3,(H,14,18)(H,21,22);1H/t5?,9-,12?;/m1./s1. The van der Waals surface area contributed by atoms with Crippen LogP contribution < -0.4 is 11.3 Å². The summed E-state index contributed by atoms with van der Waals surface area (Å²) in [5.74, 6) is -1.58. The Bertz CT molecular complexity index is 777. The van der Waals surface area contributed by atoms with Crippen molar-refractivity contribution in [3.8, 4) is 5.88 Å². The Morgan fingerprint density at radius 3 is 2.80 bits per heavy atom. The average Bonchev–Trinajstić information content (AvgIpc) is 2.58. The second kappa shape index (κ2) is 7.02.